The zero-order valence-corrected chi connectivity index (χ0v) is 20.3. The zero-order valence-electron chi connectivity index (χ0n) is 20.3. The van der Waals surface area contributed by atoms with Gasteiger partial charge in [-0.1, -0.05) is 60.7 Å². The molecule has 37 heavy (non-hydrogen) atoms. The van der Waals surface area contributed by atoms with Crippen LogP contribution in [-0.2, 0) is 9.47 Å². The first-order valence-electron chi connectivity index (χ1n) is 11.4. The molecule has 0 bridgehead atoms. The highest BCUT2D eigenvalue weighted by Crippen LogP contribution is 2.22. The highest BCUT2D eigenvalue weighted by molar-refractivity contribution is 5.90. The Labute approximate surface area is 214 Å². The van der Waals surface area contributed by atoms with Gasteiger partial charge in [0.25, 0.3) is 0 Å². The van der Waals surface area contributed by atoms with Gasteiger partial charge in [-0.2, -0.15) is 0 Å². The Morgan fingerprint density at radius 3 is 1.65 bits per heavy atom. The van der Waals surface area contributed by atoms with Crippen molar-refractivity contribution in [3.63, 3.8) is 0 Å². The van der Waals surface area contributed by atoms with Gasteiger partial charge < -0.3 is 14.5 Å². The number of ether oxygens (including phenoxy) is 2. The van der Waals surface area contributed by atoms with Crippen molar-refractivity contribution in [1.29, 1.82) is 0 Å². The number of benzene rings is 3. The largest absolute Gasteiger partial charge is 0.465 e. The Bertz CT molecular complexity index is 1380. The second-order valence-corrected chi connectivity index (χ2v) is 8.02. The number of aldehydes is 1. The van der Waals surface area contributed by atoms with Crippen molar-refractivity contribution in [1.82, 2.24) is 9.97 Å². The van der Waals surface area contributed by atoms with Crippen molar-refractivity contribution in [3.8, 4) is 11.4 Å². The van der Waals surface area contributed by atoms with E-state index in [1.807, 2.05) is 60.7 Å². The SMILES string of the molecule is COC(=O)c1ccc(/C=C/c2nc(-c3ccc(C=O)cc3)[nH]c2/C=C/c2ccc(C(=O)OC)cc2)cc1. The molecule has 4 aromatic rings. The molecule has 184 valence electrons. The molecule has 0 aliphatic rings. The number of esters is 2. The molecule has 1 heterocycles. The van der Waals surface area contributed by atoms with Gasteiger partial charge in [-0.3, -0.25) is 4.79 Å². The zero-order chi connectivity index (χ0) is 26.2. The van der Waals surface area contributed by atoms with E-state index in [-0.39, 0.29) is 11.9 Å². The van der Waals surface area contributed by atoms with Gasteiger partial charge in [-0.25, -0.2) is 14.6 Å². The van der Waals surface area contributed by atoms with E-state index in [2.05, 4.69) is 4.98 Å². The fourth-order valence-electron chi connectivity index (χ4n) is 3.56. The summed E-state index contributed by atoms with van der Waals surface area (Å²) in [4.78, 5) is 42.5. The van der Waals surface area contributed by atoms with Gasteiger partial charge in [-0.05, 0) is 47.5 Å². The quantitative estimate of drug-likeness (QED) is 0.246. The number of methoxy groups -OCH3 is 2. The van der Waals surface area contributed by atoms with Crippen molar-refractivity contribution in [2.24, 2.45) is 0 Å². The Morgan fingerprint density at radius 1 is 0.676 bits per heavy atom. The van der Waals surface area contributed by atoms with Crippen LogP contribution in [0, 0.1) is 0 Å². The number of aromatic amines is 1. The Morgan fingerprint density at radius 2 is 1.16 bits per heavy atom. The van der Waals surface area contributed by atoms with Crippen molar-refractivity contribution in [2.75, 3.05) is 14.2 Å². The highest BCUT2D eigenvalue weighted by atomic mass is 16.5. The van der Waals surface area contributed by atoms with E-state index in [0.29, 0.717) is 28.2 Å². The van der Waals surface area contributed by atoms with E-state index in [0.717, 1.165) is 28.7 Å². The number of hydrogen-bond donors (Lipinski definition) is 1. The summed E-state index contributed by atoms with van der Waals surface area (Å²) >= 11 is 0. The summed E-state index contributed by atoms with van der Waals surface area (Å²) in [5.74, 6) is -0.125. The monoisotopic (exact) mass is 492 g/mol. The Kier molecular flexibility index (Phi) is 7.85. The first-order chi connectivity index (χ1) is 18.0. The lowest BCUT2D eigenvalue weighted by molar-refractivity contribution is 0.0592. The lowest BCUT2D eigenvalue weighted by atomic mass is 10.1. The maximum atomic E-state index is 11.7. The van der Waals surface area contributed by atoms with Crippen LogP contribution < -0.4 is 0 Å². The van der Waals surface area contributed by atoms with E-state index in [1.54, 1.807) is 36.4 Å². The van der Waals surface area contributed by atoms with Gasteiger partial charge in [0.2, 0.25) is 0 Å². The average molecular weight is 493 g/mol. The molecule has 1 aromatic heterocycles. The minimum absolute atomic E-state index is 0.388. The number of hydrogen-bond acceptors (Lipinski definition) is 6. The second kappa shape index (κ2) is 11.6. The molecular formula is C30H24N2O5. The molecule has 7 nitrogen and oxygen atoms in total. The lowest BCUT2D eigenvalue weighted by Gasteiger charge is -2.00. The third kappa shape index (κ3) is 6.15. The molecule has 0 unspecified atom stereocenters. The van der Waals surface area contributed by atoms with Gasteiger partial charge >= 0.3 is 11.9 Å². The van der Waals surface area contributed by atoms with Crippen molar-refractivity contribution < 1.29 is 23.9 Å². The van der Waals surface area contributed by atoms with Crippen molar-refractivity contribution in [3.05, 3.63) is 112 Å². The number of H-pyrrole nitrogens is 1. The van der Waals surface area contributed by atoms with Crippen LogP contribution in [-0.4, -0.2) is 42.4 Å². The van der Waals surface area contributed by atoms with Gasteiger partial charge in [0, 0.05) is 11.1 Å². The maximum Gasteiger partial charge on any atom is 0.337 e. The van der Waals surface area contributed by atoms with Gasteiger partial charge in [0.1, 0.15) is 12.1 Å². The third-order valence-electron chi connectivity index (χ3n) is 5.62. The van der Waals surface area contributed by atoms with Gasteiger partial charge in [-0.15, -0.1) is 0 Å². The predicted molar refractivity (Wildman–Crippen MR) is 143 cm³/mol. The first-order valence-corrected chi connectivity index (χ1v) is 11.4. The lowest BCUT2D eigenvalue weighted by Crippen LogP contribution is -2.00. The molecule has 0 spiro atoms. The average Bonchev–Trinajstić information content (AvgIpc) is 3.37. The summed E-state index contributed by atoms with van der Waals surface area (Å²) in [7, 11) is 2.70. The van der Waals surface area contributed by atoms with Crippen LogP contribution in [0.5, 0.6) is 0 Å². The number of carbonyl (C=O) groups is 3. The van der Waals surface area contributed by atoms with Crippen molar-refractivity contribution in [2.45, 2.75) is 0 Å². The van der Waals surface area contributed by atoms with E-state index >= 15 is 0 Å². The molecule has 0 amide bonds. The summed E-state index contributed by atoms with van der Waals surface area (Å²) in [5, 5.41) is 0. The minimum Gasteiger partial charge on any atom is -0.465 e. The smallest absolute Gasteiger partial charge is 0.337 e. The number of nitrogens with one attached hydrogen (secondary N) is 1. The fourth-order valence-corrected chi connectivity index (χ4v) is 3.56. The summed E-state index contributed by atoms with van der Waals surface area (Å²) < 4.78 is 9.49. The van der Waals surface area contributed by atoms with E-state index in [1.165, 1.54) is 14.2 Å². The summed E-state index contributed by atoms with van der Waals surface area (Å²) in [6, 6.07) is 21.3. The Balaban J connectivity index is 1.64. The summed E-state index contributed by atoms with van der Waals surface area (Å²) in [5.41, 5.74) is 5.63. The number of rotatable bonds is 8. The van der Waals surface area contributed by atoms with Gasteiger partial charge in [0.15, 0.2) is 0 Å². The molecule has 0 fully saturated rings. The predicted octanol–water partition coefficient (Wildman–Crippen LogP) is 5.80. The third-order valence-corrected chi connectivity index (χ3v) is 5.62. The van der Waals surface area contributed by atoms with Crippen LogP contribution in [0.15, 0.2) is 72.8 Å². The van der Waals surface area contributed by atoms with E-state index in [9.17, 15) is 14.4 Å². The maximum absolute atomic E-state index is 11.7. The molecule has 0 atom stereocenters. The molecule has 0 aliphatic heterocycles. The summed E-state index contributed by atoms with van der Waals surface area (Å²) in [6.07, 6.45) is 8.40. The van der Waals surface area contributed by atoms with Crippen LogP contribution in [0.2, 0.25) is 0 Å². The normalized spacial score (nSPS) is 11.1. The number of imidazole rings is 1. The Hall–Kier alpha value is -5.04. The number of carbonyl (C=O) groups excluding carboxylic acids is 3. The first kappa shape index (κ1) is 25.1. The van der Waals surface area contributed by atoms with Crippen LogP contribution in [0.1, 0.15) is 53.6 Å². The minimum atomic E-state index is -0.389. The summed E-state index contributed by atoms with van der Waals surface area (Å²) in [6.45, 7) is 0. The van der Waals surface area contributed by atoms with Gasteiger partial charge in [0.05, 0.1) is 36.7 Å². The molecule has 7 heteroatoms. The molecule has 0 aliphatic carbocycles. The number of aromatic nitrogens is 2. The topological polar surface area (TPSA) is 98.4 Å². The van der Waals surface area contributed by atoms with Crippen LogP contribution in [0.25, 0.3) is 35.7 Å². The fraction of sp³-hybridized carbons (Fsp3) is 0.0667. The molecule has 3 aromatic carbocycles. The van der Waals surface area contributed by atoms with E-state index < -0.39 is 0 Å². The molecule has 0 saturated heterocycles. The van der Waals surface area contributed by atoms with Crippen LogP contribution in [0.3, 0.4) is 0 Å². The molecule has 0 saturated carbocycles. The van der Waals surface area contributed by atoms with Crippen molar-refractivity contribution >= 4 is 42.5 Å². The van der Waals surface area contributed by atoms with Crippen LogP contribution in [0.4, 0.5) is 0 Å². The standard InChI is InChI=1S/C30H24N2O5/c1-36-29(34)24-13-3-20(4-14-24)9-17-26-27(18-10-21-5-15-25(16-6-21)30(35)37-2)32-28(31-26)23-11-7-22(19-33)8-12-23/h3-19H,1-2H3,(H,31,32)/b17-9+,18-10+. The molecular weight excluding hydrogens is 468 g/mol. The second-order valence-electron chi connectivity index (χ2n) is 8.02. The molecule has 4 rings (SSSR count). The van der Waals surface area contributed by atoms with E-state index in [4.69, 9.17) is 14.5 Å². The molecule has 1 N–H and O–H groups in total. The number of nitrogens with zero attached hydrogens (tertiary/aromatic N) is 1. The van der Waals surface area contributed by atoms with Crippen LogP contribution >= 0.6 is 0 Å². The molecule has 0 radical (unpaired) electrons. The highest BCUT2D eigenvalue weighted by Gasteiger charge is 2.09.